The molecule has 0 bridgehead atoms. The SMILES string of the molecule is COC(=O)[C@@H]1CN(CC=Cc2ccccc2)CCN1. The summed E-state index contributed by atoms with van der Waals surface area (Å²) in [7, 11) is 1.43. The van der Waals surface area contributed by atoms with E-state index in [0.717, 1.165) is 19.6 Å². The van der Waals surface area contributed by atoms with Gasteiger partial charge in [0.15, 0.2) is 0 Å². The van der Waals surface area contributed by atoms with Crippen LogP contribution >= 0.6 is 0 Å². The third-order valence-corrected chi connectivity index (χ3v) is 3.22. The average Bonchev–Trinajstić information content (AvgIpc) is 2.48. The summed E-state index contributed by atoms with van der Waals surface area (Å²) < 4.78 is 4.77. The smallest absolute Gasteiger partial charge is 0.324 e. The van der Waals surface area contributed by atoms with Crippen molar-refractivity contribution in [1.29, 1.82) is 0 Å². The molecule has 4 heteroatoms. The third-order valence-electron chi connectivity index (χ3n) is 3.22. The highest BCUT2D eigenvalue weighted by atomic mass is 16.5. The maximum Gasteiger partial charge on any atom is 0.324 e. The van der Waals surface area contributed by atoms with E-state index in [1.807, 2.05) is 18.2 Å². The molecule has 4 nitrogen and oxygen atoms in total. The highest BCUT2D eigenvalue weighted by Gasteiger charge is 2.24. The Balaban J connectivity index is 1.83. The number of nitrogens with zero attached hydrogens (tertiary/aromatic N) is 1. The van der Waals surface area contributed by atoms with Gasteiger partial charge in [0.05, 0.1) is 7.11 Å². The second-order valence-corrected chi connectivity index (χ2v) is 4.60. The van der Waals surface area contributed by atoms with E-state index >= 15 is 0 Å². The van der Waals surface area contributed by atoms with Gasteiger partial charge in [0.25, 0.3) is 0 Å². The number of ether oxygens (including phenoxy) is 1. The average molecular weight is 260 g/mol. The van der Waals surface area contributed by atoms with Crippen molar-refractivity contribution < 1.29 is 9.53 Å². The number of hydrogen-bond donors (Lipinski definition) is 1. The zero-order chi connectivity index (χ0) is 13.5. The van der Waals surface area contributed by atoms with Crippen LogP contribution < -0.4 is 5.32 Å². The molecule has 0 amide bonds. The Morgan fingerprint density at radius 1 is 1.47 bits per heavy atom. The molecule has 0 saturated carbocycles. The molecule has 1 aromatic carbocycles. The Labute approximate surface area is 114 Å². The first-order valence-corrected chi connectivity index (χ1v) is 6.55. The molecule has 19 heavy (non-hydrogen) atoms. The van der Waals surface area contributed by atoms with E-state index in [9.17, 15) is 4.79 Å². The number of methoxy groups -OCH3 is 1. The molecule has 0 spiro atoms. The number of piperazine rings is 1. The van der Waals surface area contributed by atoms with Crippen molar-refractivity contribution in [2.45, 2.75) is 6.04 Å². The Kier molecular flexibility index (Phi) is 5.12. The molecule has 2 rings (SSSR count). The van der Waals surface area contributed by atoms with Crippen LogP contribution in [0.15, 0.2) is 36.4 Å². The molecule has 0 aromatic heterocycles. The first-order valence-electron chi connectivity index (χ1n) is 6.55. The van der Waals surface area contributed by atoms with Crippen molar-refractivity contribution >= 4 is 12.0 Å². The topological polar surface area (TPSA) is 41.6 Å². The van der Waals surface area contributed by atoms with E-state index in [0.29, 0.717) is 6.54 Å². The van der Waals surface area contributed by atoms with Gasteiger partial charge in [-0.3, -0.25) is 9.69 Å². The molecule has 0 unspecified atom stereocenters. The molecule has 1 N–H and O–H groups in total. The van der Waals surface area contributed by atoms with Gasteiger partial charge < -0.3 is 10.1 Å². The van der Waals surface area contributed by atoms with E-state index in [2.05, 4.69) is 34.5 Å². The van der Waals surface area contributed by atoms with Gasteiger partial charge >= 0.3 is 5.97 Å². The fourth-order valence-corrected chi connectivity index (χ4v) is 2.18. The van der Waals surface area contributed by atoms with Crippen LogP contribution in [0.3, 0.4) is 0 Å². The van der Waals surface area contributed by atoms with Crippen molar-refractivity contribution in [3.63, 3.8) is 0 Å². The second kappa shape index (κ2) is 7.07. The van der Waals surface area contributed by atoms with Crippen molar-refractivity contribution in [2.75, 3.05) is 33.3 Å². The number of hydrogen-bond acceptors (Lipinski definition) is 4. The Bertz CT molecular complexity index is 431. The molecule has 1 saturated heterocycles. The van der Waals surface area contributed by atoms with Gasteiger partial charge in [-0.2, -0.15) is 0 Å². The van der Waals surface area contributed by atoms with Crippen LogP contribution in [0.1, 0.15) is 5.56 Å². The summed E-state index contributed by atoms with van der Waals surface area (Å²) in [6.07, 6.45) is 4.24. The van der Waals surface area contributed by atoms with Gasteiger partial charge in [-0.1, -0.05) is 42.5 Å². The maximum absolute atomic E-state index is 11.5. The summed E-state index contributed by atoms with van der Waals surface area (Å²) in [5.74, 6) is -0.184. The number of benzene rings is 1. The fourth-order valence-electron chi connectivity index (χ4n) is 2.18. The monoisotopic (exact) mass is 260 g/mol. The van der Waals surface area contributed by atoms with E-state index in [1.165, 1.54) is 12.7 Å². The van der Waals surface area contributed by atoms with Crippen LogP contribution in [-0.2, 0) is 9.53 Å². The molecule has 1 atom stereocenters. The lowest BCUT2D eigenvalue weighted by Gasteiger charge is -2.31. The Morgan fingerprint density at radius 2 is 2.26 bits per heavy atom. The largest absolute Gasteiger partial charge is 0.468 e. The molecule has 1 aromatic rings. The second-order valence-electron chi connectivity index (χ2n) is 4.60. The predicted molar refractivity (Wildman–Crippen MR) is 75.7 cm³/mol. The van der Waals surface area contributed by atoms with E-state index in [1.54, 1.807) is 0 Å². The summed E-state index contributed by atoms with van der Waals surface area (Å²) >= 11 is 0. The van der Waals surface area contributed by atoms with Gasteiger partial charge in [0.1, 0.15) is 6.04 Å². The van der Waals surface area contributed by atoms with Crippen molar-refractivity contribution in [1.82, 2.24) is 10.2 Å². The van der Waals surface area contributed by atoms with E-state index in [4.69, 9.17) is 4.74 Å². The van der Waals surface area contributed by atoms with Crippen LogP contribution in [0.5, 0.6) is 0 Å². The minimum Gasteiger partial charge on any atom is -0.468 e. The van der Waals surface area contributed by atoms with E-state index < -0.39 is 0 Å². The number of rotatable bonds is 4. The van der Waals surface area contributed by atoms with Gasteiger partial charge in [-0.15, -0.1) is 0 Å². The zero-order valence-corrected chi connectivity index (χ0v) is 11.2. The summed E-state index contributed by atoms with van der Waals surface area (Å²) in [6, 6.07) is 10.0. The van der Waals surface area contributed by atoms with Crippen LogP contribution in [0, 0.1) is 0 Å². The summed E-state index contributed by atoms with van der Waals surface area (Å²) in [5.41, 5.74) is 1.20. The summed E-state index contributed by atoms with van der Waals surface area (Å²) in [4.78, 5) is 13.7. The molecule has 102 valence electrons. The van der Waals surface area contributed by atoms with Crippen molar-refractivity contribution in [2.24, 2.45) is 0 Å². The van der Waals surface area contributed by atoms with Gasteiger partial charge in [-0.05, 0) is 5.56 Å². The standard InChI is InChI=1S/C15H20N2O2/c1-19-15(18)14-12-17(11-9-16-14)10-5-8-13-6-3-2-4-7-13/h2-8,14,16H,9-12H2,1H3/t14-/m0/s1. The van der Waals surface area contributed by atoms with Gasteiger partial charge in [-0.25, -0.2) is 0 Å². The van der Waals surface area contributed by atoms with Gasteiger partial charge in [0, 0.05) is 26.2 Å². The summed E-state index contributed by atoms with van der Waals surface area (Å²) in [5, 5.41) is 3.17. The molecular weight excluding hydrogens is 240 g/mol. The lowest BCUT2D eigenvalue weighted by atomic mass is 10.2. The zero-order valence-electron chi connectivity index (χ0n) is 11.2. The van der Waals surface area contributed by atoms with Crippen LogP contribution in [-0.4, -0.2) is 50.2 Å². The molecule has 1 aliphatic rings. The Morgan fingerprint density at radius 3 is 3.00 bits per heavy atom. The van der Waals surface area contributed by atoms with Crippen molar-refractivity contribution in [3.8, 4) is 0 Å². The van der Waals surface area contributed by atoms with E-state index in [-0.39, 0.29) is 12.0 Å². The highest BCUT2D eigenvalue weighted by molar-refractivity contribution is 5.76. The van der Waals surface area contributed by atoms with Gasteiger partial charge in [0.2, 0.25) is 0 Å². The van der Waals surface area contributed by atoms with Crippen LogP contribution in [0.4, 0.5) is 0 Å². The molecule has 1 fully saturated rings. The minimum atomic E-state index is -0.205. The first kappa shape index (κ1) is 13.8. The molecule has 0 aliphatic carbocycles. The third kappa shape index (κ3) is 4.19. The molecule has 0 radical (unpaired) electrons. The van der Waals surface area contributed by atoms with Crippen LogP contribution in [0.2, 0.25) is 0 Å². The predicted octanol–water partition coefficient (Wildman–Crippen LogP) is 1.15. The lowest BCUT2D eigenvalue weighted by molar-refractivity contribution is -0.144. The summed E-state index contributed by atoms with van der Waals surface area (Å²) in [6.45, 7) is 3.32. The minimum absolute atomic E-state index is 0.184. The molecular formula is C15H20N2O2. The van der Waals surface area contributed by atoms with Crippen molar-refractivity contribution in [3.05, 3.63) is 42.0 Å². The lowest BCUT2D eigenvalue weighted by Crippen LogP contribution is -2.54. The molecule has 1 aliphatic heterocycles. The fraction of sp³-hybridized carbons (Fsp3) is 0.400. The number of carbonyl (C=O) groups excluding carboxylic acids is 1. The number of nitrogens with one attached hydrogen (secondary N) is 1. The Hall–Kier alpha value is -1.65. The first-order chi connectivity index (χ1) is 9.29. The number of esters is 1. The molecule has 1 heterocycles. The van der Waals surface area contributed by atoms with Crippen LogP contribution in [0.25, 0.3) is 6.08 Å². The normalized spacial score (nSPS) is 20.6. The quantitative estimate of drug-likeness (QED) is 0.825. The highest BCUT2D eigenvalue weighted by Crippen LogP contribution is 2.04. The maximum atomic E-state index is 11.5. The number of carbonyl (C=O) groups is 1.